The van der Waals surface area contributed by atoms with Crippen LogP contribution in [0.2, 0.25) is 0 Å². The van der Waals surface area contributed by atoms with Crippen LogP contribution < -0.4 is 10.7 Å². The number of carboxylic acid groups (broad SMARTS) is 1. The van der Waals surface area contributed by atoms with Crippen LogP contribution in [0.3, 0.4) is 0 Å². The molecule has 3 N–H and O–H groups in total. The molecule has 0 aliphatic carbocycles. The summed E-state index contributed by atoms with van der Waals surface area (Å²) < 4.78 is 0.797. The zero-order valence-corrected chi connectivity index (χ0v) is 17.8. The maximum atomic E-state index is 12.6. The molecule has 0 saturated carbocycles. The maximum Gasteiger partial charge on any atom is 0.352 e. The number of nitrogens with zero attached hydrogens (tertiary/aromatic N) is 1. The molecule has 0 bridgehead atoms. The fourth-order valence-electron chi connectivity index (χ4n) is 2.70. The molecule has 156 valence electrons. The highest BCUT2D eigenvalue weighted by Gasteiger charge is 2.18. The first-order valence-corrected chi connectivity index (χ1v) is 10.0. The highest BCUT2D eigenvalue weighted by Crippen LogP contribution is 2.20. The van der Waals surface area contributed by atoms with Crippen LogP contribution in [0.25, 0.3) is 0 Å². The largest absolute Gasteiger partial charge is 0.477 e. The quantitative estimate of drug-likeness (QED) is 0.248. The van der Waals surface area contributed by atoms with Crippen LogP contribution in [0.15, 0.2) is 88.4 Å². The van der Waals surface area contributed by atoms with Gasteiger partial charge in [0.2, 0.25) is 0 Å². The Kier molecular flexibility index (Phi) is 7.29. The van der Waals surface area contributed by atoms with Gasteiger partial charge in [0.15, 0.2) is 11.5 Å². The molecule has 0 spiro atoms. The molecule has 0 radical (unpaired) electrons. The highest BCUT2D eigenvalue weighted by atomic mass is 79.9. The predicted molar refractivity (Wildman–Crippen MR) is 122 cm³/mol. The maximum absolute atomic E-state index is 12.6. The minimum Gasteiger partial charge on any atom is -0.477 e. The molecule has 0 unspecified atom stereocenters. The molecular weight excluding hydrogens is 462 g/mol. The van der Waals surface area contributed by atoms with Gasteiger partial charge in [-0.25, -0.2) is 10.2 Å². The number of carbonyl (C=O) groups excluding carboxylic acids is 2. The van der Waals surface area contributed by atoms with Gasteiger partial charge < -0.3 is 10.4 Å². The first kappa shape index (κ1) is 21.9. The first-order valence-electron chi connectivity index (χ1n) is 9.24. The van der Waals surface area contributed by atoms with Crippen molar-refractivity contribution < 1.29 is 19.5 Å². The molecule has 31 heavy (non-hydrogen) atoms. The molecular formula is C23H18BrN3O4. The van der Waals surface area contributed by atoms with Gasteiger partial charge in [0.25, 0.3) is 5.91 Å². The van der Waals surface area contributed by atoms with Crippen molar-refractivity contribution in [3.8, 4) is 0 Å². The monoisotopic (exact) mass is 479 g/mol. The smallest absolute Gasteiger partial charge is 0.352 e. The minimum absolute atomic E-state index is 0.277. The minimum atomic E-state index is -1.39. The van der Waals surface area contributed by atoms with Crippen molar-refractivity contribution in [2.24, 2.45) is 5.10 Å². The summed E-state index contributed by atoms with van der Waals surface area (Å²) in [5.41, 5.74) is 3.72. The number of anilines is 2. The summed E-state index contributed by atoms with van der Waals surface area (Å²) in [7, 11) is 0. The van der Waals surface area contributed by atoms with Gasteiger partial charge in [-0.3, -0.25) is 9.59 Å². The Morgan fingerprint density at radius 1 is 0.871 bits per heavy atom. The van der Waals surface area contributed by atoms with Crippen LogP contribution in [0, 0.1) is 0 Å². The number of nitrogens with one attached hydrogen (secondary N) is 2. The third-order valence-electron chi connectivity index (χ3n) is 4.26. The van der Waals surface area contributed by atoms with E-state index in [0.717, 1.165) is 10.2 Å². The molecule has 0 atom stereocenters. The molecule has 3 rings (SSSR count). The summed E-state index contributed by atoms with van der Waals surface area (Å²) in [5, 5.41) is 16.2. The number of hydrazone groups is 1. The lowest BCUT2D eigenvalue weighted by atomic mass is 10.1. The van der Waals surface area contributed by atoms with E-state index in [0.29, 0.717) is 11.3 Å². The van der Waals surface area contributed by atoms with Crippen LogP contribution in [0.5, 0.6) is 0 Å². The van der Waals surface area contributed by atoms with E-state index in [-0.39, 0.29) is 5.56 Å². The zero-order chi connectivity index (χ0) is 22.2. The van der Waals surface area contributed by atoms with Crippen molar-refractivity contribution in [1.82, 2.24) is 5.43 Å². The zero-order valence-electron chi connectivity index (χ0n) is 16.2. The Labute approximate surface area is 186 Å². The molecule has 0 aliphatic heterocycles. The topological polar surface area (TPSA) is 108 Å². The SMILES string of the molecule is O=C(O)C(CC(=O)c1ccc(Br)cc1)=NNC(=O)c1ccccc1Nc1ccccc1. The second-order valence-corrected chi connectivity index (χ2v) is 7.36. The number of hydrogen-bond acceptors (Lipinski definition) is 5. The molecule has 3 aromatic rings. The van der Waals surface area contributed by atoms with Gasteiger partial charge in [-0.15, -0.1) is 0 Å². The van der Waals surface area contributed by atoms with E-state index >= 15 is 0 Å². The summed E-state index contributed by atoms with van der Waals surface area (Å²) in [4.78, 5) is 36.5. The third kappa shape index (κ3) is 6.10. The van der Waals surface area contributed by atoms with E-state index < -0.39 is 29.8 Å². The van der Waals surface area contributed by atoms with E-state index in [9.17, 15) is 19.5 Å². The number of Topliss-reactive ketones (excluding diaryl/α,β-unsaturated/α-hetero) is 1. The fraction of sp³-hybridized carbons (Fsp3) is 0.0435. The summed E-state index contributed by atoms with van der Waals surface area (Å²) in [6.07, 6.45) is -0.457. The van der Waals surface area contributed by atoms with Crippen molar-refractivity contribution in [2.45, 2.75) is 6.42 Å². The van der Waals surface area contributed by atoms with Crippen LogP contribution >= 0.6 is 15.9 Å². The lowest BCUT2D eigenvalue weighted by Crippen LogP contribution is -2.25. The van der Waals surface area contributed by atoms with Crippen LogP contribution in [0.1, 0.15) is 27.1 Å². The van der Waals surface area contributed by atoms with E-state index in [1.165, 1.54) is 0 Å². The fourth-order valence-corrected chi connectivity index (χ4v) is 2.96. The number of amides is 1. The number of carboxylic acids is 1. The number of para-hydroxylation sites is 2. The second kappa shape index (κ2) is 10.3. The van der Waals surface area contributed by atoms with E-state index in [4.69, 9.17) is 0 Å². The Bertz CT molecular complexity index is 1130. The number of ketones is 1. The number of hydrogen-bond donors (Lipinski definition) is 3. The Hall–Kier alpha value is -3.78. The summed E-state index contributed by atoms with van der Waals surface area (Å²) in [6, 6.07) is 22.6. The van der Waals surface area contributed by atoms with Crippen LogP contribution in [-0.2, 0) is 4.79 Å². The summed E-state index contributed by atoms with van der Waals surface area (Å²) >= 11 is 3.28. The van der Waals surface area contributed by atoms with Crippen molar-refractivity contribution >= 4 is 50.7 Å². The van der Waals surface area contributed by atoms with Gasteiger partial charge in [0, 0.05) is 15.7 Å². The molecule has 0 saturated heterocycles. The Morgan fingerprint density at radius 3 is 2.19 bits per heavy atom. The van der Waals surface area contributed by atoms with Crippen LogP contribution in [-0.4, -0.2) is 28.5 Å². The molecule has 0 heterocycles. The molecule has 0 fully saturated rings. The highest BCUT2D eigenvalue weighted by molar-refractivity contribution is 9.10. The van der Waals surface area contributed by atoms with E-state index in [1.807, 2.05) is 30.3 Å². The Balaban J connectivity index is 1.74. The average Bonchev–Trinajstić information content (AvgIpc) is 2.77. The van der Waals surface area contributed by atoms with Crippen molar-refractivity contribution in [1.29, 1.82) is 0 Å². The lowest BCUT2D eigenvalue weighted by molar-refractivity contribution is -0.129. The lowest BCUT2D eigenvalue weighted by Gasteiger charge is -2.11. The van der Waals surface area contributed by atoms with E-state index in [1.54, 1.807) is 48.5 Å². The number of halogens is 1. The third-order valence-corrected chi connectivity index (χ3v) is 4.79. The number of benzene rings is 3. The number of rotatable bonds is 8. The van der Waals surface area contributed by atoms with Gasteiger partial charge in [-0.05, 0) is 36.4 Å². The van der Waals surface area contributed by atoms with Crippen LogP contribution in [0.4, 0.5) is 11.4 Å². The first-order chi connectivity index (χ1) is 14.9. The van der Waals surface area contributed by atoms with Gasteiger partial charge >= 0.3 is 5.97 Å². The summed E-state index contributed by atoms with van der Waals surface area (Å²) in [6.45, 7) is 0. The molecule has 0 aliphatic rings. The number of carbonyl (C=O) groups is 3. The summed E-state index contributed by atoms with van der Waals surface area (Å²) in [5.74, 6) is -2.41. The molecule has 1 amide bonds. The normalized spacial score (nSPS) is 10.9. The number of aliphatic carboxylic acids is 1. The predicted octanol–water partition coefficient (Wildman–Crippen LogP) is 4.64. The Morgan fingerprint density at radius 2 is 1.52 bits per heavy atom. The van der Waals surface area contributed by atoms with Gasteiger partial charge in [0.05, 0.1) is 17.7 Å². The average molecular weight is 480 g/mol. The van der Waals surface area contributed by atoms with E-state index in [2.05, 4.69) is 31.8 Å². The van der Waals surface area contributed by atoms with Crippen molar-refractivity contribution in [3.63, 3.8) is 0 Å². The molecule has 3 aromatic carbocycles. The van der Waals surface area contributed by atoms with Crippen molar-refractivity contribution in [2.75, 3.05) is 5.32 Å². The molecule has 0 aromatic heterocycles. The van der Waals surface area contributed by atoms with Gasteiger partial charge in [-0.1, -0.05) is 58.4 Å². The molecule has 7 nitrogen and oxygen atoms in total. The molecule has 8 heteroatoms. The van der Waals surface area contributed by atoms with Gasteiger partial charge in [-0.2, -0.15) is 5.10 Å². The second-order valence-electron chi connectivity index (χ2n) is 6.45. The standard InChI is InChI=1S/C23H18BrN3O4/c24-16-12-10-15(11-13-16)21(28)14-20(23(30)31)26-27-22(29)18-8-4-5-9-19(18)25-17-6-2-1-3-7-17/h1-13,25H,14H2,(H,27,29)(H,30,31). The van der Waals surface area contributed by atoms with Crippen molar-refractivity contribution in [3.05, 3.63) is 94.5 Å². The van der Waals surface area contributed by atoms with Gasteiger partial charge in [0.1, 0.15) is 0 Å².